The summed E-state index contributed by atoms with van der Waals surface area (Å²) in [6.07, 6.45) is 0.171. The number of primary amides is 1. The maximum Gasteiger partial charge on any atom is 0.411 e. The predicted molar refractivity (Wildman–Crippen MR) is 137 cm³/mol. The second kappa shape index (κ2) is 10.4. The van der Waals surface area contributed by atoms with E-state index in [9.17, 15) is 17.6 Å². The Hall–Kier alpha value is -4.65. The van der Waals surface area contributed by atoms with E-state index in [1.54, 1.807) is 32.0 Å². The smallest absolute Gasteiger partial charge is 0.389 e. The maximum atomic E-state index is 14.5. The average Bonchev–Trinajstić information content (AvgIpc) is 3.35. The van der Waals surface area contributed by atoms with Crippen molar-refractivity contribution in [2.45, 2.75) is 30.4 Å². The van der Waals surface area contributed by atoms with Crippen LogP contribution < -0.4 is 16.2 Å². The Morgan fingerprint density at radius 3 is 2.37 bits per heavy atom. The summed E-state index contributed by atoms with van der Waals surface area (Å²) in [6.45, 7) is 3.19. The van der Waals surface area contributed by atoms with Crippen LogP contribution in [0.5, 0.6) is 5.88 Å². The van der Waals surface area contributed by atoms with Crippen LogP contribution in [0.4, 0.5) is 9.18 Å². The Labute approximate surface area is 217 Å². The number of hydrogen-bond donors (Lipinski definition) is 3. The van der Waals surface area contributed by atoms with Crippen molar-refractivity contribution in [1.29, 1.82) is 5.41 Å². The molecule has 4 rings (SSSR count). The van der Waals surface area contributed by atoms with Crippen LogP contribution in [-0.4, -0.2) is 40.7 Å². The fraction of sp³-hybridized carbons (Fsp3) is 0.160. The third-order valence-corrected chi connectivity index (χ3v) is 7.68. The zero-order valence-electron chi connectivity index (χ0n) is 20.3. The number of nitrogens with zero attached hydrogens (tertiary/aromatic N) is 3. The molecule has 0 radical (unpaired) electrons. The molecule has 1 amide bonds. The lowest BCUT2D eigenvalue weighted by atomic mass is 10.1. The molecular formula is C25H23FN6O5S. The normalized spacial score (nSPS) is 11.5. The average molecular weight is 539 g/mol. The summed E-state index contributed by atoms with van der Waals surface area (Å²) in [5.41, 5.74) is 12.3. The predicted octanol–water partition coefficient (Wildman–Crippen LogP) is 3.72. The first-order valence-corrected chi connectivity index (χ1v) is 12.8. The monoisotopic (exact) mass is 538 g/mol. The third-order valence-electron chi connectivity index (χ3n) is 5.51. The van der Waals surface area contributed by atoms with Crippen LogP contribution in [0.1, 0.15) is 19.4 Å². The number of amides is 1. The topological polar surface area (TPSA) is 188 Å². The lowest BCUT2D eigenvalue weighted by molar-refractivity contribution is 0.209. The Kier molecular flexibility index (Phi) is 7.21. The molecule has 38 heavy (non-hydrogen) atoms. The van der Waals surface area contributed by atoms with E-state index >= 15 is 0 Å². The molecule has 0 aliphatic heterocycles. The molecule has 0 atom stereocenters. The van der Waals surface area contributed by atoms with Gasteiger partial charge in [-0.3, -0.25) is 5.41 Å². The highest BCUT2D eigenvalue weighted by atomic mass is 32.2. The SMILES string of the molecule is CC(C)S(=O)(=O)c1ccc(-c2cnc(OC(N)=O)c(-c3cc(-c4ccc(CC(=N)N)c(F)c4)no3)n2)cc1. The van der Waals surface area contributed by atoms with Crippen molar-refractivity contribution in [2.75, 3.05) is 0 Å². The van der Waals surface area contributed by atoms with Crippen LogP contribution >= 0.6 is 0 Å². The fourth-order valence-electron chi connectivity index (χ4n) is 3.51. The number of rotatable bonds is 8. The zero-order valence-corrected chi connectivity index (χ0v) is 21.1. The quantitative estimate of drug-likeness (QED) is 0.222. The van der Waals surface area contributed by atoms with Gasteiger partial charge in [-0.1, -0.05) is 29.4 Å². The minimum Gasteiger partial charge on any atom is -0.389 e. The molecule has 0 aliphatic rings. The molecule has 0 fully saturated rings. The molecule has 0 bridgehead atoms. The summed E-state index contributed by atoms with van der Waals surface area (Å²) in [4.78, 5) is 20.2. The maximum absolute atomic E-state index is 14.5. The second-order valence-electron chi connectivity index (χ2n) is 8.53. The minimum absolute atomic E-state index is 0.00685. The summed E-state index contributed by atoms with van der Waals surface area (Å²) in [5, 5.41) is 10.7. The Balaban J connectivity index is 1.72. The summed E-state index contributed by atoms with van der Waals surface area (Å²) < 4.78 is 49.7. The largest absolute Gasteiger partial charge is 0.411 e. The highest BCUT2D eigenvalue weighted by Gasteiger charge is 2.22. The number of nitrogens with one attached hydrogen (secondary N) is 1. The molecule has 13 heteroatoms. The number of sulfone groups is 1. The van der Waals surface area contributed by atoms with Gasteiger partial charge >= 0.3 is 6.09 Å². The van der Waals surface area contributed by atoms with Crippen molar-refractivity contribution in [2.24, 2.45) is 11.5 Å². The van der Waals surface area contributed by atoms with Crippen molar-refractivity contribution in [3.05, 3.63) is 66.1 Å². The van der Waals surface area contributed by atoms with Crippen molar-refractivity contribution in [3.63, 3.8) is 0 Å². The van der Waals surface area contributed by atoms with E-state index in [0.29, 0.717) is 16.8 Å². The number of aromatic nitrogens is 3. The molecule has 2 heterocycles. The molecule has 2 aromatic carbocycles. The molecule has 11 nitrogen and oxygen atoms in total. The highest BCUT2D eigenvalue weighted by Crippen LogP contribution is 2.33. The van der Waals surface area contributed by atoms with Crippen LogP contribution in [-0.2, 0) is 16.3 Å². The molecule has 0 spiro atoms. The number of amidine groups is 1. The van der Waals surface area contributed by atoms with Crippen LogP contribution in [0, 0.1) is 11.2 Å². The van der Waals surface area contributed by atoms with Crippen molar-refractivity contribution < 1.29 is 26.9 Å². The van der Waals surface area contributed by atoms with Gasteiger partial charge in [0.1, 0.15) is 11.5 Å². The highest BCUT2D eigenvalue weighted by molar-refractivity contribution is 7.92. The van der Waals surface area contributed by atoms with E-state index in [2.05, 4.69) is 15.1 Å². The van der Waals surface area contributed by atoms with Gasteiger partial charge in [0.15, 0.2) is 21.3 Å². The molecule has 4 aromatic rings. The van der Waals surface area contributed by atoms with Crippen molar-refractivity contribution in [1.82, 2.24) is 15.1 Å². The fourth-order valence-corrected chi connectivity index (χ4v) is 4.57. The Bertz CT molecular complexity index is 1630. The lowest BCUT2D eigenvalue weighted by Crippen LogP contribution is -2.17. The van der Waals surface area contributed by atoms with E-state index in [-0.39, 0.29) is 45.7 Å². The van der Waals surface area contributed by atoms with Gasteiger partial charge in [0.25, 0.3) is 5.88 Å². The van der Waals surface area contributed by atoms with E-state index < -0.39 is 27.0 Å². The van der Waals surface area contributed by atoms with Crippen LogP contribution in [0.25, 0.3) is 34.0 Å². The van der Waals surface area contributed by atoms with E-state index in [1.807, 2.05) is 0 Å². The van der Waals surface area contributed by atoms with E-state index in [0.717, 1.165) is 0 Å². The van der Waals surface area contributed by atoms with Gasteiger partial charge in [0, 0.05) is 23.6 Å². The first kappa shape index (κ1) is 26.4. The van der Waals surface area contributed by atoms with Gasteiger partial charge in [0.05, 0.1) is 27.9 Å². The Morgan fingerprint density at radius 2 is 1.76 bits per heavy atom. The number of ether oxygens (including phenoxy) is 1. The zero-order chi connectivity index (χ0) is 27.6. The summed E-state index contributed by atoms with van der Waals surface area (Å²) in [6, 6.07) is 11.9. The summed E-state index contributed by atoms with van der Waals surface area (Å²) in [5.74, 6) is -0.925. The van der Waals surface area contributed by atoms with Crippen molar-refractivity contribution >= 4 is 21.8 Å². The van der Waals surface area contributed by atoms with Gasteiger partial charge < -0.3 is 20.7 Å². The molecule has 0 saturated carbocycles. The number of hydrogen-bond acceptors (Lipinski definition) is 9. The summed E-state index contributed by atoms with van der Waals surface area (Å²) >= 11 is 0. The number of carbonyl (C=O) groups excluding carboxylic acids is 1. The lowest BCUT2D eigenvalue weighted by Gasteiger charge is -2.09. The summed E-state index contributed by atoms with van der Waals surface area (Å²) in [7, 11) is -3.46. The Morgan fingerprint density at radius 1 is 1.08 bits per heavy atom. The third kappa shape index (κ3) is 5.52. The van der Waals surface area contributed by atoms with Gasteiger partial charge in [0.2, 0.25) is 0 Å². The van der Waals surface area contributed by atoms with Crippen LogP contribution in [0.3, 0.4) is 0 Å². The molecule has 0 unspecified atom stereocenters. The van der Waals surface area contributed by atoms with Crippen LogP contribution in [0.15, 0.2) is 64.1 Å². The van der Waals surface area contributed by atoms with E-state index in [1.165, 1.54) is 36.5 Å². The van der Waals surface area contributed by atoms with Crippen molar-refractivity contribution in [3.8, 4) is 39.8 Å². The number of nitrogens with two attached hydrogens (primary N) is 2. The molecule has 2 aromatic heterocycles. The molecule has 0 saturated heterocycles. The first-order chi connectivity index (χ1) is 18.0. The first-order valence-electron chi connectivity index (χ1n) is 11.2. The molecule has 5 N–H and O–H groups in total. The van der Waals surface area contributed by atoms with Gasteiger partial charge in [-0.15, -0.1) is 0 Å². The number of carbonyl (C=O) groups is 1. The van der Waals surface area contributed by atoms with Gasteiger partial charge in [-0.2, -0.15) is 0 Å². The minimum atomic E-state index is -3.46. The molecule has 196 valence electrons. The standard InChI is InChI=1S/C25H23FN6O5S/c1-13(2)38(34,35)17-7-5-14(6-8-17)20-12-30-24(36-25(29)33)23(31-20)21-11-19(32-37-21)16-4-3-15(10-22(27)28)18(26)9-16/h3-9,11-13H,10H2,1-2H3,(H3,27,28)(H2,29,33). The molecular weight excluding hydrogens is 515 g/mol. The molecule has 0 aliphatic carbocycles. The second-order valence-corrected chi connectivity index (χ2v) is 11.0. The number of halogens is 1. The van der Waals surface area contributed by atoms with Gasteiger partial charge in [-0.25, -0.2) is 27.6 Å². The number of benzene rings is 2. The van der Waals surface area contributed by atoms with Gasteiger partial charge in [-0.05, 0) is 37.6 Å². The van der Waals surface area contributed by atoms with E-state index in [4.69, 9.17) is 26.1 Å². The van der Waals surface area contributed by atoms with Crippen LogP contribution in [0.2, 0.25) is 0 Å².